The van der Waals surface area contributed by atoms with Crippen LogP contribution in [0.1, 0.15) is 43.0 Å². The van der Waals surface area contributed by atoms with Crippen molar-refractivity contribution >= 4 is 15.7 Å². The van der Waals surface area contributed by atoms with E-state index in [1.54, 1.807) is 25.1 Å². The molecule has 0 aliphatic carbocycles. The van der Waals surface area contributed by atoms with E-state index in [1.807, 2.05) is 0 Å². The molecule has 14 heteroatoms. The fourth-order valence-corrected chi connectivity index (χ4v) is 8.36. The van der Waals surface area contributed by atoms with Gasteiger partial charge in [-0.25, -0.2) is 17.2 Å². The lowest BCUT2D eigenvalue weighted by Crippen LogP contribution is -2.60. The van der Waals surface area contributed by atoms with E-state index in [0.717, 1.165) is 12.2 Å². The second kappa shape index (κ2) is 16.2. The number of aliphatic hydroxyl groups excluding tert-OH is 5. The molecule has 0 radical (unpaired) electrons. The number of carbonyl (C=O) groups is 1. The van der Waals surface area contributed by atoms with E-state index in [4.69, 9.17) is 4.74 Å². The molecule has 8 unspecified atom stereocenters. The molecule has 5 rings (SSSR count). The standard InChI is InChI=1S/C38H41F2NO10S/c1-3-25(39)10-4-21(2)41-34(29(38(41)48)16-17-30(44)23-5-11-26(40)12-6-23)28-15-9-24(22-7-13-27(43)14-8-22)18-33(28)52(49,50)20-32-36(46)37(47)35(45)31(19-42)51-32/h3-15,18,29-32,34-37,42-47H,1,16-17,19-20H2,2H3/b21-4+,25-10+. The number of sulfone groups is 1. The molecule has 0 aromatic heterocycles. The summed E-state index contributed by atoms with van der Waals surface area (Å²) in [5.74, 6) is -3.36. The van der Waals surface area contributed by atoms with E-state index >= 15 is 0 Å². The first-order valence-electron chi connectivity index (χ1n) is 16.6. The van der Waals surface area contributed by atoms with Crippen LogP contribution in [-0.4, -0.2) is 92.7 Å². The maximum atomic E-state index is 14.4. The number of rotatable bonds is 13. The number of amides is 1. The van der Waals surface area contributed by atoms with Crippen LogP contribution in [0.15, 0.2) is 108 Å². The largest absolute Gasteiger partial charge is 0.508 e. The normalized spacial score (nSPS) is 26.2. The van der Waals surface area contributed by atoms with Gasteiger partial charge in [-0.15, -0.1) is 0 Å². The van der Waals surface area contributed by atoms with Crippen LogP contribution in [0.2, 0.25) is 0 Å². The predicted octanol–water partition coefficient (Wildman–Crippen LogP) is 3.77. The van der Waals surface area contributed by atoms with Crippen LogP contribution in [0.25, 0.3) is 11.1 Å². The summed E-state index contributed by atoms with van der Waals surface area (Å²) >= 11 is 0. The second-order valence-electron chi connectivity index (χ2n) is 12.9. The molecule has 2 aliphatic rings. The Morgan fingerprint density at radius 2 is 1.60 bits per heavy atom. The van der Waals surface area contributed by atoms with E-state index in [1.165, 1.54) is 59.5 Å². The van der Waals surface area contributed by atoms with Crippen molar-refractivity contribution in [3.8, 4) is 16.9 Å². The van der Waals surface area contributed by atoms with Gasteiger partial charge in [0.15, 0.2) is 9.84 Å². The van der Waals surface area contributed by atoms with E-state index in [-0.39, 0.29) is 34.7 Å². The molecule has 52 heavy (non-hydrogen) atoms. The Morgan fingerprint density at radius 3 is 2.23 bits per heavy atom. The Bertz CT molecular complexity index is 1930. The monoisotopic (exact) mass is 741 g/mol. The second-order valence-corrected chi connectivity index (χ2v) is 14.9. The molecule has 11 nitrogen and oxygen atoms in total. The highest BCUT2D eigenvalue weighted by atomic mass is 32.2. The van der Waals surface area contributed by atoms with Crippen LogP contribution in [-0.2, 0) is 19.4 Å². The lowest BCUT2D eigenvalue weighted by Gasteiger charge is -2.49. The Morgan fingerprint density at radius 1 is 0.962 bits per heavy atom. The number of ether oxygens (including phenoxy) is 1. The first kappa shape index (κ1) is 38.9. The van der Waals surface area contributed by atoms with Crippen LogP contribution < -0.4 is 0 Å². The number of halogens is 2. The Labute approximate surface area is 300 Å². The van der Waals surface area contributed by atoms with Gasteiger partial charge in [-0.05, 0) is 90.6 Å². The summed E-state index contributed by atoms with van der Waals surface area (Å²) in [5.41, 5.74) is 1.81. The minimum atomic E-state index is -4.49. The van der Waals surface area contributed by atoms with Crippen molar-refractivity contribution in [2.24, 2.45) is 5.92 Å². The number of phenolic OH excluding ortho intramolecular Hbond substituents is 1. The minimum Gasteiger partial charge on any atom is -0.508 e. The zero-order valence-corrected chi connectivity index (χ0v) is 29.0. The number of benzene rings is 3. The summed E-state index contributed by atoms with van der Waals surface area (Å²) in [7, 11) is -4.49. The van der Waals surface area contributed by atoms with Crippen molar-refractivity contribution in [2.75, 3.05) is 12.4 Å². The predicted molar refractivity (Wildman–Crippen MR) is 186 cm³/mol. The molecular weight excluding hydrogens is 700 g/mol. The molecule has 0 spiro atoms. The van der Waals surface area contributed by atoms with Crippen molar-refractivity contribution in [1.82, 2.24) is 4.90 Å². The quantitative estimate of drug-likeness (QED) is 0.111. The molecule has 1 amide bonds. The van der Waals surface area contributed by atoms with E-state index in [9.17, 15) is 52.6 Å². The lowest BCUT2D eigenvalue weighted by molar-refractivity contribution is -0.223. The molecule has 8 atom stereocenters. The Kier molecular flexibility index (Phi) is 12.1. The molecular formula is C38H41F2NO10S. The third kappa shape index (κ3) is 8.18. The van der Waals surface area contributed by atoms with Gasteiger partial charge in [0, 0.05) is 5.70 Å². The number of carbonyl (C=O) groups excluding carboxylic acids is 1. The molecule has 2 aliphatic heterocycles. The van der Waals surface area contributed by atoms with Gasteiger partial charge in [0.2, 0.25) is 5.91 Å². The van der Waals surface area contributed by atoms with Gasteiger partial charge in [-0.2, -0.15) is 0 Å². The third-order valence-corrected chi connectivity index (χ3v) is 11.3. The maximum Gasteiger partial charge on any atom is 0.232 e. The average molecular weight is 742 g/mol. The topological polar surface area (TPSA) is 185 Å². The van der Waals surface area contributed by atoms with Gasteiger partial charge in [0.05, 0.1) is 35.3 Å². The van der Waals surface area contributed by atoms with Crippen molar-refractivity contribution < 1.29 is 57.4 Å². The molecule has 0 saturated carbocycles. The van der Waals surface area contributed by atoms with E-state index in [0.29, 0.717) is 16.7 Å². The highest BCUT2D eigenvalue weighted by Gasteiger charge is 2.51. The van der Waals surface area contributed by atoms with Crippen LogP contribution in [0.4, 0.5) is 8.78 Å². The number of hydrogen-bond donors (Lipinski definition) is 6. The van der Waals surface area contributed by atoms with E-state index < -0.39 is 88.3 Å². The summed E-state index contributed by atoms with van der Waals surface area (Å²) in [6.45, 7) is 4.16. The molecule has 3 aromatic carbocycles. The summed E-state index contributed by atoms with van der Waals surface area (Å²) < 4.78 is 62.0. The summed E-state index contributed by atoms with van der Waals surface area (Å²) in [4.78, 5) is 14.9. The van der Waals surface area contributed by atoms with Gasteiger partial charge in [0.25, 0.3) is 0 Å². The summed E-state index contributed by atoms with van der Waals surface area (Å²) in [6, 6.07) is 14.8. The first-order chi connectivity index (χ1) is 24.7. The fraction of sp³-hybridized carbons (Fsp3) is 0.342. The molecule has 3 aromatic rings. The highest BCUT2D eigenvalue weighted by Crippen LogP contribution is 2.48. The number of nitrogens with zero attached hydrogens (tertiary/aromatic N) is 1. The number of aliphatic hydroxyl groups is 5. The maximum absolute atomic E-state index is 14.4. The van der Waals surface area contributed by atoms with Crippen molar-refractivity contribution in [2.45, 2.75) is 67.3 Å². The lowest BCUT2D eigenvalue weighted by atomic mass is 9.78. The fourth-order valence-electron chi connectivity index (χ4n) is 6.62. The minimum absolute atomic E-state index is 0.0191. The zero-order valence-electron chi connectivity index (χ0n) is 28.2. The number of phenols is 1. The van der Waals surface area contributed by atoms with Crippen LogP contribution in [0, 0.1) is 11.7 Å². The summed E-state index contributed by atoms with van der Waals surface area (Å²) in [5, 5.41) is 61.8. The van der Waals surface area contributed by atoms with E-state index in [2.05, 4.69) is 6.58 Å². The molecule has 0 bridgehead atoms. The molecule has 6 N–H and O–H groups in total. The van der Waals surface area contributed by atoms with Crippen molar-refractivity contribution in [3.63, 3.8) is 0 Å². The summed E-state index contributed by atoms with van der Waals surface area (Å²) in [6.07, 6.45) is -5.80. The number of β-lactam (4-membered cyclic amide) rings is 1. The number of likely N-dealkylation sites (tertiary alicyclic amines) is 1. The molecule has 2 fully saturated rings. The van der Waals surface area contributed by atoms with Gasteiger partial charge in [-0.3, -0.25) is 4.79 Å². The van der Waals surface area contributed by atoms with Gasteiger partial charge in [0.1, 0.15) is 47.9 Å². The van der Waals surface area contributed by atoms with Crippen LogP contribution in [0.3, 0.4) is 0 Å². The van der Waals surface area contributed by atoms with Crippen LogP contribution >= 0.6 is 0 Å². The molecule has 2 saturated heterocycles. The Balaban J connectivity index is 1.60. The Hall–Kier alpha value is -4.28. The van der Waals surface area contributed by atoms with Gasteiger partial charge < -0.3 is 40.3 Å². The van der Waals surface area contributed by atoms with Crippen molar-refractivity contribution in [3.05, 3.63) is 120 Å². The highest BCUT2D eigenvalue weighted by molar-refractivity contribution is 7.91. The van der Waals surface area contributed by atoms with Gasteiger partial charge in [-0.1, -0.05) is 43.0 Å². The number of allylic oxidation sites excluding steroid dienone is 5. The van der Waals surface area contributed by atoms with Crippen molar-refractivity contribution in [1.29, 1.82) is 0 Å². The molecule has 2 heterocycles. The SMILES string of the molecule is C=C/C(F)=C\C=C(/C)N1C(=O)C(CCC(O)c2ccc(F)cc2)C1c1ccc(-c2ccc(O)cc2)cc1S(=O)(=O)CC1OC(CO)C(O)C(O)C1O. The third-order valence-electron chi connectivity index (χ3n) is 9.52. The first-order valence-corrected chi connectivity index (χ1v) is 18.2. The molecule has 278 valence electrons. The smallest absolute Gasteiger partial charge is 0.232 e. The number of aromatic hydroxyl groups is 1. The average Bonchev–Trinajstić information content (AvgIpc) is 3.13. The van der Waals surface area contributed by atoms with Crippen LogP contribution in [0.5, 0.6) is 5.75 Å². The van der Waals surface area contributed by atoms with Gasteiger partial charge >= 0.3 is 0 Å². The zero-order chi connectivity index (χ0) is 37.9. The number of hydrogen-bond acceptors (Lipinski definition) is 10.